The van der Waals surface area contributed by atoms with Gasteiger partial charge in [-0.25, -0.2) is 0 Å². The van der Waals surface area contributed by atoms with E-state index in [9.17, 15) is 5.11 Å². The number of ether oxygens (including phenoxy) is 2. The van der Waals surface area contributed by atoms with Gasteiger partial charge < -0.3 is 14.6 Å². The van der Waals surface area contributed by atoms with E-state index in [0.29, 0.717) is 22.1 Å². The fourth-order valence-electron chi connectivity index (χ4n) is 1.69. The lowest BCUT2D eigenvalue weighted by molar-refractivity contribution is 0.0464. The molecule has 0 aliphatic carbocycles. The maximum atomic E-state index is 10.4. The zero-order valence-electron chi connectivity index (χ0n) is 11.6. The van der Waals surface area contributed by atoms with Gasteiger partial charge in [0.05, 0.1) is 25.3 Å². The minimum atomic E-state index is -0.644. The van der Waals surface area contributed by atoms with Gasteiger partial charge in [-0.1, -0.05) is 32.4 Å². The second kappa shape index (κ2) is 5.81. The second-order valence-corrected chi connectivity index (χ2v) is 5.38. The Morgan fingerprint density at radius 3 is 2.17 bits per heavy atom. The summed E-state index contributed by atoms with van der Waals surface area (Å²) in [5.74, 6) is 1.13. The van der Waals surface area contributed by atoms with Gasteiger partial charge in [-0.15, -0.1) is 0 Å². The molecule has 4 heteroatoms. The molecule has 1 N–H and O–H groups in total. The third kappa shape index (κ3) is 2.90. The Morgan fingerprint density at radius 1 is 1.22 bits per heavy atom. The van der Waals surface area contributed by atoms with Crippen LogP contribution in [0, 0.1) is 5.41 Å². The molecule has 0 bridgehead atoms. The molecule has 0 aromatic heterocycles. The van der Waals surface area contributed by atoms with Gasteiger partial charge in [-0.3, -0.25) is 0 Å². The first-order valence-corrected chi connectivity index (χ1v) is 6.34. The van der Waals surface area contributed by atoms with E-state index in [1.165, 1.54) is 0 Å². The minimum Gasteiger partial charge on any atom is -0.493 e. The van der Waals surface area contributed by atoms with E-state index in [1.54, 1.807) is 26.4 Å². The van der Waals surface area contributed by atoms with Crippen molar-refractivity contribution in [1.82, 2.24) is 0 Å². The summed E-state index contributed by atoms with van der Waals surface area (Å²) in [6, 6.07) is 3.41. The number of hydrogen-bond acceptors (Lipinski definition) is 3. The van der Waals surface area contributed by atoms with Crippen molar-refractivity contribution < 1.29 is 14.6 Å². The lowest BCUT2D eigenvalue weighted by atomic mass is 9.80. The highest BCUT2D eigenvalue weighted by atomic mass is 35.5. The topological polar surface area (TPSA) is 38.7 Å². The van der Waals surface area contributed by atoms with Gasteiger partial charge in [-0.05, 0) is 17.9 Å². The summed E-state index contributed by atoms with van der Waals surface area (Å²) in [5, 5.41) is 10.9. The number of methoxy groups -OCH3 is 2. The fraction of sp³-hybridized carbons (Fsp3) is 0.571. The fourth-order valence-corrected chi connectivity index (χ4v) is 1.95. The predicted molar refractivity (Wildman–Crippen MR) is 73.6 cm³/mol. The predicted octanol–water partition coefficient (Wildman–Crippen LogP) is 3.83. The molecule has 1 unspecified atom stereocenters. The number of aliphatic hydroxyl groups excluding tert-OH is 1. The Morgan fingerprint density at radius 2 is 1.72 bits per heavy atom. The number of rotatable bonds is 5. The molecule has 18 heavy (non-hydrogen) atoms. The number of aliphatic hydroxyl groups is 1. The molecule has 0 heterocycles. The maximum absolute atomic E-state index is 10.4. The van der Waals surface area contributed by atoms with Gasteiger partial charge in [0.1, 0.15) is 0 Å². The molecule has 0 aliphatic heterocycles. The molecule has 0 spiro atoms. The van der Waals surface area contributed by atoms with Crippen molar-refractivity contribution in [3.8, 4) is 11.5 Å². The highest BCUT2D eigenvalue weighted by molar-refractivity contribution is 6.31. The Bertz CT molecular complexity index is 416. The highest BCUT2D eigenvalue weighted by Gasteiger charge is 2.29. The van der Waals surface area contributed by atoms with Gasteiger partial charge in [-0.2, -0.15) is 0 Å². The SMILES string of the molecule is CCC(C)(C)C(O)c1cc(OC)c(OC)cc1Cl. The van der Waals surface area contributed by atoms with E-state index in [2.05, 4.69) is 0 Å². The van der Waals surface area contributed by atoms with Gasteiger partial charge in [0.15, 0.2) is 11.5 Å². The molecule has 1 atom stereocenters. The largest absolute Gasteiger partial charge is 0.493 e. The summed E-state index contributed by atoms with van der Waals surface area (Å²) in [7, 11) is 3.12. The van der Waals surface area contributed by atoms with Crippen LogP contribution in [-0.4, -0.2) is 19.3 Å². The summed E-state index contributed by atoms with van der Waals surface area (Å²) < 4.78 is 10.4. The first-order valence-electron chi connectivity index (χ1n) is 5.96. The average molecular weight is 273 g/mol. The van der Waals surface area contributed by atoms with Crippen molar-refractivity contribution in [1.29, 1.82) is 0 Å². The number of halogens is 1. The van der Waals surface area contributed by atoms with Crippen LogP contribution in [0.4, 0.5) is 0 Å². The molecule has 1 aromatic carbocycles. The average Bonchev–Trinajstić information content (AvgIpc) is 2.37. The van der Waals surface area contributed by atoms with Crippen molar-refractivity contribution in [3.63, 3.8) is 0 Å². The normalized spacial score (nSPS) is 13.3. The zero-order valence-corrected chi connectivity index (χ0v) is 12.3. The Labute approximate surface area is 114 Å². The van der Waals surface area contributed by atoms with Crippen LogP contribution in [0.25, 0.3) is 0 Å². The molecule has 0 radical (unpaired) electrons. The molecule has 102 valence electrons. The van der Waals surface area contributed by atoms with Crippen LogP contribution in [0.1, 0.15) is 38.9 Å². The standard InChI is InChI=1S/C14H21ClO3/c1-6-14(2,3)13(16)9-7-11(17-4)12(18-5)8-10(9)15/h7-8,13,16H,6H2,1-5H3. The van der Waals surface area contributed by atoms with Gasteiger partial charge in [0.25, 0.3) is 0 Å². The van der Waals surface area contributed by atoms with Crippen LogP contribution < -0.4 is 9.47 Å². The monoisotopic (exact) mass is 272 g/mol. The van der Waals surface area contributed by atoms with Crippen LogP contribution in [0.2, 0.25) is 5.02 Å². The van der Waals surface area contributed by atoms with E-state index in [1.807, 2.05) is 20.8 Å². The van der Waals surface area contributed by atoms with Gasteiger partial charge in [0, 0.05) is 11.6 Å². The third-order valence-electron chi connectivity index (χ3n) is 3.45. The van der Waals surface area contributed by atoms with Crippen LogP contribution in [0.3, 0.4) is 0 Å². The van der Waals surface area contributed by atoms with Crippen LogP contribution >= 0.6 is 11.6 Å². The second-order valence-electron chi connectivity index (χ2n) is 4.97. The summed E-state index contributed by atoms with van der Waals surface area (Å²) in [6.45, 7) is 6.05. The van der Waals surface area contributed by atoms with Crippen LogP contribution in [0.5, 0.6) is 11.5 Å². The lowest BCUT2D eigenvalue weighted by Crippen LogP contribution is -2.21. The van der Waals surface area contributed by atoms with Crippen molar-refractivity contribution in [2.75, 3.05) is 14.2 Å². The first kappa shape index (κ1) is 15.1. The van der Waals surface area contributed by atoms with E-state index >= 15 is 0 Å². The van der Waals surface area contributed by atoms with Crippen LogP contribution in [-0.2, 0) is 0 Å². The lowest BCUT2D eigenvalue weighted by Gasteiger charge is -2.30. The molecule has 1 aromatic rings. The number of hydrogen-bond donors (Lipinski definition) is 1. The first-order chi connectivity index (χ1) is 8.37. The highest BCUT2D eigenvalue weighted by Crippen LogP contribution is 2.42. The van der Waals surface area contributed by atoms with E-state index in [4.69, 9.17) is 21.1 Å². The van der Waals surface area contributed by atoms with Gasteiger partial charge >= 0.3 is 0 Å². The molecule has 1 rings (SSSR count). The summed E-state index contributed by atoms with van der Waals surface area (Å²) >= 11 is 6.20. The Kier molecular flexibility index (Phi) is 4.88. The quantitative estimate of drug-likeness (QED) is 0.885. The molecule has 0 saturated heterocycles. The third-order valence-corrected chi connectivity index (χ3v) is 3.78. The molecule has 0 aliphatic rings. The van der Waals surface area contributed by atoms with Crippen molar-refractivity contribution in [3.05, 3.63) is 22.7 Å². The Hall–Kier alpha value is -0.930. The minimum absolute atomic E-state index is 0.247. The molecule has 0 amide bonds. The molecule has 0 fully saturated rings. The van der Waals surface area contributed by atoms with E-state index in [-0.39, 0.29) is 5.41 Å². The summed E-state index contributed by atoms with van der Waals surface area (Å²) in [5.41, 5.74) is 0.421. The van der Waals surface area contributed by atoms with Crippen molar-refractivity contribution in [2.24, 2.45) is 5.41 Å². The molecular formula is C14H21ClO3. The summed E-state index contributed by atoms with van der Waals surface area (Å²) in [6.07, 6.45) is 0.202. The van der Waals surface area contributed by atoms with Crippen molar-refractivity contribution in [2.45, 2.75) is 33.3 Å². The molecule has 3 nitrogen and oxygen atoms in total. The van der Waals surface area contributed by atoms with Crippen LogP contribution in [0.15, 0.2) is 12.1 Å². The smallest absolute Gasteiger partial charge is 0.162 e. The number of benzene rings is 1. The Balaban J connectivity index is 3.25. The summed E-state index contributed by atoms with van der Waals surface area (Å²) in [4.78, 5) is 0. The molecule has 0 saturated carbocycles. The zero-order chi connectivity index (χ0) is 13.9. The maximum Gasteiger partial charge on any atom is 0.162 e. The van der Waals surface area contributed by atoms with E-state index < -0.39 is 6.10 Å². The van der Waals surface area contributed by atoms with E-state index in [0.717, 1.165) is 6.42 Å². The molecular weight excluding hydrogens is 252 g/mol. The van der Waals surface area contributed by atoms with Gasteiger partial charge in [0.2, 0.25) is 0 Å². The van der Waals surface area contributed by atoms with Crippen molar-refractivity contribution >= 4 is 11.6 Å².